The Balaban J connectivity index is 0.00000341. The first-order valence-corrected chi connectivity index (χ1v) is 10.3. The predicted octanol–water partition coefficient (Wildman–Crippen LogP) is 1.34. The summed E-state index contributed by atoms with van der Waals surface area (Å²) in [7, 11) is -4.97. The molecule has 3 rings (SSSR count). The minimum Gasteiger partial charge on any atom is -0.744 e. The second-order valence-electron chi connectivity index (χ2n) is 5.89. The molecule has 0 amide bonds. The second kappa shape index (κ2) is 10.6. The van der Waals surface area contributed by atoms with Crippen LogP contribution in [0.1, 0.15) is 20.7 Å². The second-order valence-corrected chi connectivity index (χ2v) is 8.14. The summed E-state index contributed by atoms with van der Waals surface area (Å²) >= 11 is 11.5. The van der Waals surface area contributed by atoms with Crippen LogP contribution in [0.25, 0.3) is 0 Å². The summed E-state index contributed by atoms with van der Waals surface area (Å²) in [4.78, 5) is 24.1. The van der Waals surface area contributed by atoms with Gasteiger partial charge in [0.15, 0.2) is 0 Å². The van der Waals surface area contributed by atoms with Crippen LogP contribution < -0.4 is 39.0 Å². The molecular formula is C20H11Cl2NaO7S. The van der Waals surface area contributed by atoms with Crippen LogP contribution in [0.4, 0.5) is 0 Å². The van der Waals surface area contributed by atoms with Crippen LogP contribution in [0.15, 0.2) is 71.6 Å². The van der Waals surface area contributed by atoms with Gasteiger partial charge in [-0.25, -0.2) is 18.0 Å². The fraction of sp³-hybridized carbons (Fsp3) is 0. The molecular weight excluding hydrogens is 478 g/mol. The van der Waals surface area contributed by atoms with Crippen molar-refractivity contribution in [1.82, 2.24) is 0 Å². The minimum atomic E-state index is -4.97. The van der Waals surface area contributed by atoms with Crippen LogP contribution in [0.5, 0.6) is 11.5 Å². The first-order valence-electron chi connectivity index (χ1n) is 8.18. The molecule has 0 aliphatic carbocycles. The van der Waals surface area contributed by atoms with Crippen LogP contribution >= 0.6 is 23.2 Å². The number of hydrogen-bond donors (Lipinski definition) is 0. The Morgan fingerprint density at radius 2 is 1.06 bits per heavy atom. The molecule has 0 aliphatic rings. The van der Waals surface area contributed by atoms with Gasteiger partial charge in [-0.2, -0.15) is 0 Å². The molecule has 0 spiro atoms. The van der Waals surface area contributed by atoms with Gasteiger partial charge in [0.25, 0.3) is 0 Å². The van der Waals surface area contributed by atoms with E-state index in [1.807, 2.05) is 0 Å². The predicted molar refractivity (Wildman–Crippen MR) is 107 cm³/mol. The van der Waals surface area contributed by atoms with Gasteiger partial charge in [0, 0.05) is 10.0 Å². The Labute approximate surface area is 209 Å². The maximum Gasteiger partial charge on any atom is 1.00 e. The smallest absolute Gasteiger partial charge is 0.744 e. The van der Waals surface area contributed by atoms with Gasteiger partial charge < -0.3 is 14.0 Å². The Kier molecular flexibility index (Phi) is 8.67. The van der Waals surface area contributed by atoms with Crippen molar-refractivity contribution in [3.8, 4) is 11.5 Å². The van der Waals surface area contributed by atoms with Crippen molar-refractivity contribution in [2.24, 2.45) is 0 Å². The van der Waals surface area contributed by atoms with Crippen molar-refractivity contribution >= 4 is 45.3 Å². The molecule has 7 nitrogen and oxygen atoms in total. The van der Waals surface area contributed by atoms with Gasteiger partial charge >= 0.3 is 41.5 Å². The summed E-state index contributed by atoms with van der Waals surface area (Å²) < 4.78 is 44.7. The van der Waals surface area contributed by atoms with E-state index in [9.17, 15) is 22.6 Å². The number of benzene rings is 3. The fourth-order valence-electron chi connectivity index (χ4n) is 2.32. The summed E-state index contributed by atoms with van der Waals surface area (Å²) in [5.41, 5.74) is -0.658. The molecule has 0 saturated carbocycles. The van der Waals surface area contributed by atoms with Gasteiger partial charge in [-0.05, 0) is 66.7 Å². The number of rotatable bonds is 5. The number of esters is 2. The van der Waals surface area contributed by atoms with Crippen LogP contribution in [0.2, 0.25) is 10.0 Å². The summed E-state index contributed by atoms with van der Waals surface area (Å²) in [5, 5.41) is 0.836. The summed E-state index contributed by atoms with van der Waals surface area (Å²) in [6.45, 7) is 0. The summed E-state index contributed by atoms with van der Waals surface area (Å²) in [5.74, 6) is -1.71. The van der Waals surface area contributed by atoms with Crippen molar-refractivity contribution < 1.29 is 61.6 Å². The molecule has 154 valence electrons. The first kappa shape index (κ1) is 25.4. The van der Waals surface area contributed by atoms with E-state index < -0.39 is 27.0 Å². The van der Waals surface area contributed by atoms with E-state index in [-0.39, 0.29) is 52.2 Å². The fourth-order valence-corrected chi connectivity index (χ4v) is 3.11. The molecule has 31 heavy (non-hydrogen) atoms. The van der Waals surface area contributed by atoms with Gasteiger partial charge in [-0.3, -0.25) is 0 Å². The van der Waals surface area contributed by atoms with Gasteiger partial charge in [0.05, 0.1) is 16.0 Å². The number of ether oxygens (including phenoxy) is 2. The monoisotopic (exact) mass is 488 g/mol. The van der Waals surface area contributed by atoms with Crippen LogP contribution in [-0.2, 0) is 10.1 Å². The largest absolute Gasteiger partial charge is 1.00 e. The molecule has 3 aromatic rings. The SMILES string of the molecule is O=C(Oc1ccc(Cl)cc1)c1cc(C(=O)Oc2ccc(Cl)cc2)cc(S(=O)(=O)[O-])c1.[Na+]. The van der Waals surface area contributed by atoms with Crippen molar-refractivity contribution in [1.29, 1.82) is 0 Å². The zero-order chi connectivity index (χ0) is 21.9. The molecule has 0 heterocycles. The minimum absolute atomic E-state index is 0. The Hall–Kier alpha value is -1.91. The van der Waals surface area contributed by atoms with Gasteiger partial charge in [-0.15, -0.1) is 0 Å². The molecule has 0 atom stereocenters. The van der Waals surface area contributed by atoms with Crippen molar-refractivity contribution in [3.63, 3.8) is 0 Å². The van der Waals surface area contributed by atoms with E-state index in [2.05, 4.69) is 0 Å². The van der Waals surface area contributed by atoms with Crippen LogP contribution in [-0.4, -0.2) is 24.9 Å². The molecule has 0 radical (unpaired) electrons. The summed E-state index contributed by atoms with van der Waals surface area (Å²) in [6.07, 6.45) is 0. The normalized spacial score (nSPS) is 10.7. The molecule has 0 aromatic heterocycles. The zero-order valence-electron chi connectivity index (χ0n) is 15.9. The standard InChI is InChI=1S/C20H12Cl2O7S.Na/c21-14-1-5-16(6-2-14)28-19(23)12-9-13(11-18(10-12)30(25,26)27)20(24)29-17-7-3-15(22)4-8-17;/h1-11H,(H,25,26,27);/q;+1/p-1. The average molecular weight is 489 g/mol. The van der Waals surface area contributed by atoms with Crippen LogP contribution in [0, 0.1) is 0 Å². The molecule has 0 saturated heterocycles. The third-order valence-electron chi connectivity index (χ3n) is 3.71. The molecule has 3 aromatic carbocycles. The number of halogens is 2. The van der Waals surface area contributed by atoms with E-state index in [1.54, 1.807) is 0 Å². The Bertz CT molecular complexity index is 1130. The average Bonchev–Trinajstić information content (AvgIpc) is 2.70. The molecule has 0 unspecified atom stereocenters. The van der Waals surface area contributed by atoms with Crippen LogP contribution in [0.3, 0.4) is 0 Å². The first-order chi connectivity index (χ1) is 14.1. The molecule has 0 N–H and O–H groups in total. The maximum absolute atomic E-state index is 12.4. The van der Waals surface area contributed by atoms with Crippen molar-refractivity contribution in [2.75, 3.05) is 0 Å². The third-order valence-corrected chi connectivity index (χ3v) is 5.03. The van der Waals surface area contributed by atoms with Gasteiger partial charge in [0.2, 0.25) is 0 Å². The molecule has 0 aliphatic heterocycles. The number of carbonyl (C=O) groups is 2. The topological polar surface area (TPSA) is 110 Å². The van der Waals surface area contributed by atoms with E-state index in [1.165, 1.54) is 48.5 Å². The quantitative estimate of drug-likeness (QED) is 0.230. The maximum atomic E-state index is 12.4. The van der Waals surface area contributed by atoms with E-state index >= 15 is 0 Å². The zero-order valence-corrected chi connectivity index (χ0v) is 20.2. The molecule has 0 bridgehead atoms. The number of carbonyl (C=O) groups excluding carboxylic acids is 2. The van der Waals surface area contributed by atoms with E-state index in [4.69, 9.17) is 32.7 Å². The third kappa shape index (κ3) is 7.05. The Morgan fingerprint density at radius 3 is 1.39 bits per heavy atom. The summed E-state index contributed by atoms with van der Waals surface area (Å²) in [6, 6.07) is 14.3. The van der Waals surface area contributed by atoms with E-state index in [0.29, 0.717) is 10.0 Å². The molecule has 0 fully saturated rings. The van der Waals surface area contributed by atoms with Crippen molar-refractivity contribution in [3.05, 3.63) is 87.9 Å². The van der Waals surface area contributed by atoms with Gasteiger partial charge in [-0.1, -0.05) is 23.2 Å². The van der Waals surface area contributed by atoms with E-state index in [0.717, 1.165) is 18.2 Å². The Morgan fingerprint density at radius 1 is 0.710 bits per heavy atom. The van der Waals surface area contributed by atoms with Gasteiger partial charge in [0.1, 0.15) is 21.6 Å². The number of hydrogen-bond acceptors (Lipinski definition) is 7. The molecule has 11 heteroatoms. The van der Waals surface area contributed by atoms with Crippen molar-refractivity contribution in [2.45, 2.75) is 4.90 Å².